The summed E-state index contributed by atoms with van der Waals surface area (Å²) < 4.78 is 1.48. The lowest BCUT2D eigenvalue weighted by molar-refractivity contribution is -0.135. The van der Waals surface area contributed by atoms with Crippen LogP contribution in [-0.2, 0) is 16.0 Å². The van der Waals surface area contributed by atoms with E-state index >= 15 is 0 Å². The van der Waals surface area contributed by atoms with Crippen molar-refractivity contribution in [2.45, 2.75) is 76.2 Å². The number of nitrogens with two attached hydrogens (primary N) is 1. The molecule has 4 fully saturated rings. The van der Waals surface area contributed by atoms with E-state index in [2.05, 4.69) is 55.3 Å². The van der Waals surface area contributed by atoms with Gasteiger partial charge in [0.25, 0.3) is 11.5 Å². The minimum atomic E-state index is -0.664. The number of aromatic nitrogens is 3. The van der Waals surface area contributed by atoms with Crippen molar-refractivity contribution in [3.63, 3.8) is 0 Å². The van der Waals surface area contributed by atoms with Gasteiger partial charge in [-0.15, -0.1) is 0 Å². The summed E-state index contributed by atoms with van der Waals surface area (Å²) in [5.74, 6) is 0.765. The highest BCUT2D eigenvalue weighted by atomic mass is 16.2. The van der Waals surface area contributed by atoms with Crippen LogP contribution in [0, 0.1) is 5.92 Å². The molecule has 12 heteroatoms. The normalized spacial score (nSPS) is 20.7. The number of carbonyl (C=O) groups excluding carboxylic acids is 3. The summed E-state index contributed by atoms with van der Waals surface area (Å²) in [6, 6.07) is 16.1. The van der Waals surface area contributed by atoms with Gasteiger partial charge in [0.1, 0.15) is 17.6 Å². The standard InChI is InChI=1S/C42H50N8O4/c43-40(52)39-35(45-37(26-44-39)49-17-2-1-3-18-49)24-28-4-6-30(7-5-28)31-14-19-47(20-15-31)27-29-12-21-48(22-13-29)33-9-8-32-16-23-50(42(54)34(32)25-33)36-10-11-38(51)46-41(36)53/h4-9,16,23,25-26,29,31,36H,1-3,10-15,17-22,24,27H2,(H2,43,52)(H,46,51,53). The Morgan fingerprint density at radius 2 is 1.59 bits per heavy atom. The van der Waals surface area contributed by atoms with Crippen molar-refractivity contribution >= 4 is 40.0 Å². The van der Waals surface area contributed by atoms with Gasteiger partial charge in [0, 0.05) is 62.8 Å². The summed E-state index contributed by atoms with van der Waals surface area (Å²) in [5.41, 5.74) is 9.90. The molecule has 12 nitrogen and oxygen atoms in total. The number of nitrogens with zero attached hydrogens (tertiary/aromatic N) is 6. The Morgan fingerprint density at radius 1 is 0.833 bits per heavy atom. The number of hydrogen-bond acceptors (Lipinski definition) is 9. The number of pyridine rings is 1. The Hall–Kier alpha value is -5.10. The molecule has 1 atom stereocenters. The number of rotatable bonds is 9. The van der Waals surface area contributed by atoms with Gasteiger partial charge in [0.2, 0.25) is 11.8 Å². The molecule has 3 N–H and O–H groups in total. The van der Waals surface area contributed by atoms with E-state index in [1.165, 1.54) is 16.6 Å². The highest BCUT2D eigenvalue weighted by Gasteiger charge is 2.30. The average Bonchev–Trinajstić information content (AvgIpc) is 3.19. The van der Waals surface area contributed by atoms with Gasteiger partial charge in [0.05, 0.1) is 11.9 Å². The van der Waals surface area contributed by atoms with Crippen LogP contribution in [0.2, 0.25) is 0 Å². The van der Waals surface area contributed by atoms with Crippen molar-refractivity contribution in [2.24, 2.45) is 11.7 Å². The Labute approximate surface area is 315 Å². The summed E-state index contributed by atoms with van der Waals surface area (Å²) in [7, 11) is 0. The van der Waals surface area contributed by atoms with Gasteiger partial charge in [-0.05, 0) is 111 Å². The Kier molecular flexibility index (Phi) is 10.4. The predicted octanol–water partition coefficient (Wildman–Crippen LogP) is 4.55. The number of nitrogens with one attached hydrogen (secondary N) is 1. The molecule has 4 aromatic rings. The number of piperidine rings is 4. The van der Waals surface area contributed by atoms with Crippen molar-refractivity contribution in [3.8, 4) is 0 Å². The monoisotopic (exact) mass is 730 g/mol. The lowest BCUT2D eigenvalue weighted by atomic mass is 9.87. The molecule has 2 aromatic heterocycles. The van der Waals surface area contributed by atoms with Crippen LogP contribution >= 0.6 is 0 Å². The molecular formula is C42H50N8O4. The van der Waals surface area contributed by atoms with E-state index in [-0.39, 0.29) is 23.6 Å². The van der Waals surface area contributed by atoms with Crippen molar-refractivity contribution in [1.82, 2.24) is 24.8 Å². The van der Waals surface area contributed by atoms with E-state index in [0.717, 1.165) is 107 Å². The Morgan fingerprint density at radius 3 is 2.31 bits per heavy atom. The molecule has 1 unspecified atom stereocenters. The molecule has 6 heterocycles. The second-order valence-corrected chi connectivity index (χ2v) is 15.6. The summed E-state index contributed by atoms with van der Waals surface area (Å²) in [6.45, 7) is 7.13. The van der Waals surface area contributed by atoms with Crippen molar-refractivity contribution in [1.29, 1.82) is 0 Å². The highest BCUT2D eigenvalue weighted by molar-refractivity contribution is 5.99. The molecule has 4 aliphatic heterocycles. The number of fused-ring (bicyclic) bond motifs is 1. The lowest BCUT2D eigenvalue weighted by Gasteiger charge is -2.38. The number of hydrogen-bond donors (Lipinski definition) is 2. The first-order valence-corrected chi connectivity index (χ1v) is 19.7. The molecule has 4 aliphatic rings. The maximum Gasteiger partial charge on any atom is 0.269 e. The predicted molar refractivity (Wildman–Crippen MR) is 209 cm³/mol. The van der Waals surface area contributed by atoms with Crippen LogP contribution in [0.4, 0.5) is 11.5 Å². The molecule has 54 heavy (non-hydrogen) atoms. The highest BCUT2D eigenvalue weighted by Crippen LogP contribution is 2.32. The zero-order valence-electron chi connectivity index (χ0n) is 30.9. The molecule has 2 aromatic carbocycles. The van der Waals surface area contributed by atoms with Gasteiger partial charge in [-0.1, -0.05) is 30.3 Å². The number of benzene rings is 2. The minimum Gasteiger partial charge on any atom is -0.371 e. The van der Waals surface area contributed by atoms with Gasteiger partial charge in [-0.3, -0.25) is 24.5 Å². The summed E-state index contributed by atoms with van der Waals surface area (Å²) >= 11 is 0. The molecule has 3 amide bonds. The zero-order valence-corrected chi connectivity index (χ0v) is 30.9. The third-order valence-electron chi connectivity index (χ3n) is 12.1. The van der Waals surface area contributed by atoms with Crippen LogP contribution in [0.25, 0.3) is 10.8 Å². The van der Waals surface area contributed by atoms with E-state index in [0.29, 0.717) is 35.8 Å². The van der Waals surface area contributed by atoms with Crippen LogP contribution in [0.15, 0.2) is 65.7 Å². The van der Waals surface area contributed by atoms with Gasteiger partial charge < -0.3 is 25.0 Å². The largest absolute Gasteiger partial charge is 0.371 e. The third-order valence-corrected chi connectivity index (χ3v) is 12.1. The molecular weight excluding hydrogens is 681 g/mol. The maximum atomic E-state index is 13.5. The molecule has 8 rings (SSSR count). The summed E-state index contributed by atoms with van der Waals surface area (Å²) in [4.78, 5) is 66.3. The molecule has 0 aliphatic carbocycles. The quantitative estimate of drug-likeness (QED) is 0.237. The molecule has 0 spiro atoms. The molecule has 282 valence electrons. The number of amides is 3. The van der Waals surface area contributed by atoms with E-state index in [1.54, 1.807) is 12.4 Å². The first-order chi connectivity index (χ1) is 26.3. The van der Waals surface area contributed by atoms with Crippen molar-refractivity contribution in [2.75, 3.05) is 55.6 Å². The molecule has 0 bridgehead atoms. The summed E-state index contributed by atoms with van der Waals surface area (Å²) in [6.07, 6.45) is 12.5. The first kappa shape index (κ1) is 35.9. The van der Waals surface area contributed by atoms with E-state index in [1.807, 2.05) is 18.2 Å². The maximum absolute atomic E-state index is 13.5. The average molecular weight is 731 g/mol. The number of likely N-dealkylation sites (tertiary alicyclic amines) is 1. The summed E-state index contributed by atoms with van der Waals surface area (Å²) in [5, 5.41) is 3.82. The van der Waals surface area contributed by atoms with Gasteiger partial charge >= 0.3 is 0 Å². The zero-order chi connectivity index (χ0) is 37.2. The van der Waals surface area contributed by atoms with Crippen LogP contribution < -0.4 is 26.4 Å². The number of imide groups is 1. The van der Waals surface area contributed by atoms with Gasteiger partial charge in [0.15, 0.2) is 0 Å². The van der Waals surface area contributed by atoms with Crippen molar-refractivity contribution in [3.05, 3.63) is 93.8 Å². The first-order valence-electron chi connectivity index (χ1n) is 19.7. The molecule has 0 radical (unpaired) electrons. The molecule has 4 saturated heterocycles. The fraction of sp³-hybridized carbons (Fsp3) is 0.476. The second-order valence-electron chi connectivity index (χ2n) is 15.6. The second kappa shape index (κ2) is 15.7. The SMILES string of the molecule is NC(=O)c1ncc(N2CCCCC2)nc1Cc1ccc(C2CCN(CC3CCN(c4ccc5ccn(C6CCC(=O)NC6=O)c(=O)c5c4)CC3)CC2)cc1. The Bertz CT molecular complexity index is 2080. The van der Waals surface area contributed by atoms with Crippen molar-refractivity contribution < 1.29 is 14.4 Å². The van der Waals surface area contributed by atoms with E-state index in [9.17, 15) is 19.2 Å². The minimum absolute atomic E-state index is 0.194. The number of carbonyl (C=O) groups is 3. The van der Waals surface area contributed by atoms with E-state index in [4.69, 9.17) is 10.7 Å². The van der Waals surface area contributed by atoms with Crippen LogP contribution in [0.5, 0.6) is 0 Å². The van der Waals surface area contributed by atoms with Crippen LogP contribution in [-0.4, -0.2) is 83.0 Å². The number of anilines is 2. The van der Waals surface area contributed by atoms with Gasteiger partial charge in [-0.25, -0.2) is 9.97 Å². The smallest absolute Gasteiger partial charge is 0.269 e. The lowest BCUT2D eigenvalue weighted by Crippen LogP contribution is -2.44. The topological polar surface area (TPSA) is 147 Å². The fourth-order valence-corrected chi connectivity index (χ4v) is 8.94. The van der Waals surface area contributed by atoms with Crippen LogP contribution in [0.3, 0.4) is 0 Å². The molecule has 0 saturated carbocycles. The van der Waals surface area contributed by atoms with Crippen LogP contribution in [0.1, 0.15) is 97.1 Å². The number of primary amides is 1. The Balaban J connectivity index is 0.829. The van der Waals surface area contributed by atoms with E-state index < -0.39 is 17.9 Å². The fourth-order valence-electron chi connectivity index (χ4n) is 8.94. The van der Waals surface area contributed by atoms with Gasteiger partial charge in [-0.2, -0.15) is 0 Å². The third kappa shape index (κ3) is 7.75.